The van der Waals surface area contributed by atoms with Crippen molar-refractivity contribution in [3.05, 3.63) is 46.8 Å². The first kappa shape index (κ1) is 20.9. The van der Waals surface area contributed by atoms with Crippen LogP contribution in [-0.2, 0) is 24.8 Å². The van der Waals surface area contributed by atoms with Gasteiger partial charge in [0.2, 0.25) is 0 Å². The number of aryl methyl sites for hydroxylation is 2. The molecule has 2 heterocycles. The molecule has 7 heteroatoms. The highest BCUT2D eigenvalue weighted by atomic mass is 16.6. The number of carbonyl (C=O) groups is 2. The molecule has 0 N–H and O–H groups in total. The van der Waals surface area contributed by atoms with Gasteiger partial charge in [-0.05, 0) is 52.3 Å². The number of hydrogen-bond acceptors (Lipinski definition) is 4. The normalized spacial score (nSPS) is 13.8. The maximum atomic E-state index is 13.4. The molecule has 2 aromatic rings. The Morgan fingerprint density at radius 1 is 1.28 bits per heavy atom. The zero-order chi connectivity index (χ0) is 21.3. The van der Waals surface area contributed by atoms with Gasteiger partial charge in [0.25, 0.3) is 5.91 Å². The Morgan fingerprint density at radius 2 is 2.00 bits per heavy atom. The monoisotopic (exact) mass is 398 g/mol. The lowest BCUT2D eigenvalue weighted by molar-refractivity contribution is 0.0221. The predicted octanol–water partition coefficient (Wildman–Crippen LogP) is 3.69. The Balaban J connectivity index is 1.90. The van der Waals surface area contributed by atoms with Gasteiger partial charge in [-0.1, -0.05) is 12.1 Å². The number of fused-ring (bicyclic) bond motifs is 1. The average Bonchev–Trinajstić information content (AvgIpc) is 2.97. The lowest BCUT2D eigenvalue weighted by Gasteiger charge is -2.30. The predicted molar refractivity (Wildman–Crippen MR) is 112 cm³/mol. The average molecular weight is 399 g/mol. The molecule has 1 aliphatic rings. The van der Waals surface area contributed by atoms with Crippen LogP contribution in [0.25, 0.3) is 0 Å². The van der Waals surface area contributed by atoms with E-state index in [1.165, 1.54) is 0 Å². The van der Waals surface area contributed by atoms with Crippen molar-refractivity contribution in [3.8, 4) is 0 Å². The van der Waals surface area contributed by atoms with Crippen molar-refractivity contribution in [1.29, 1.82) is 0 Å². The number of anilines is 1. The van der Waals surface area contributed by atoms with Gasteiger partial charge in [0.1, 0.15) is 5.60 Å². The summed E-state index contributed by atoms with van der Waals surface area (Å²) in [5.41, 5.74) is 3.58. The third-order valence-corrected chi connectivity index (χ3v) is 4.97. The van der Waals surface area contributed by atoms with Gasteiger partial charge in [-0.15, -0.1) is 0 Å². The van der Waals surface area contributed by atoms with Crippen molar-refractivity contribution in [2.75, 3.05) is 18.0 Å². The highest BCUT2D eigenvalue weighted by Crippen LogP contribution is 2.26. The fourth-order valence-corrected chi connectivity index (χ4v) is 3.61. The topological polar surface area (TPSA) is 67.7 Å². The molecule has 0 radical (unpaired) electrons. The lowest BCUT2D eigenvalue weighted by Crippen LogP contribution is -2.40. The van der Waals surface area contributed by atoms with Gasteiger partial charge in [0.15, 0.2) is 5.69 Å². The summed E-state index contributed by atoms with van der Waals surface area (Å²) in [5.74, 6) is -0.152. The number of hydrogen-bond donors (Lipinski definition) is 0. The van der Waals surface area contributed by atoms with Crippen LogP contribution in [0.3, 0.4) is 0 Å². The van der Waals surface area contributed by atoms with Gasteiger partial charge in [-0.2, -0.15) is 5.10 Å². The third-order valence-electron chi connectivity index (χ3n) is 4.97. The van der Waals surface area contributed by atoms with Crippen LogP contribution in [0.1, 0.15) is 55.0 Å². The molecule has 156 valence electrons. The van der Waals surface area contributed by atoms with Crippen LogP contribution in [0.4, 0.5) is 10.5 Å². The van der Waals surface area contributed by atoms with E-state index < -0.39 is 5.60 Å². The Kier molecular flexibility index (Phi) is 5.68. The van der Waals surface area contributed by atoms with Crippen LogP contribution in [0.15, 0.2) is 24.3 Å². The van der Waals surface area contributed by atoms with E-state index in [0.29, 0.717) is 31.7 Å². The second-order valence-electron chi connectivity index (χ2n) is 8.44. The lowest BCUT2D eigenvalue weighted by atomic mass is 10.0. The van der Waals surface area contributed by atoms with Crippen LogP contribution in [0, 0.1) is 6.92 Å². The maximum absolute atomic E-state index is 13.4. The molecular weight excluding hydrogens is 368 g/mol. The largest absolute Gasteiger partial charge is 0.444 e. The van der Waals surface area contributed by atoms with Crippen molar-refractivity contribution >= 4 is 17.7 Å². The molecule has 0 spiro atoms. The smallest absolute Gasteiger partial charge is 0.410 e. The van der Waals surface area contributed by atoms with Gasteiger partial charge < -0.3 is 14.5 Å². The molecule has 0 saturated heterocycles. The number of rotatable bonds is 3. The summed E-state index contributed by atoms with van der Waals surface area (Å²) in [6.07, 6.45) is 0.276. The van der Waals surface area contributed by atoms with Crippen molar-refractivity contribution in [2.45, 2.75) is 53.2 Å². The van der Waals surface area contributed by atoms with Crippen LogP contribution in [0.2, 0.25) is 0 Å². The molecule has 1 aromatic heterocycles. The van der Waals surface area contributed by atoms with E-state index in [0.717, 1.165) is 22.5 Å². The molecule has 1 aliphatic heterocycles. The number of ether oxygens (including phenoxy) is 1. The van der Waals surface area contributed by atoms with Crippen LogP contribution < -0.4 is 4.90 Å². The highest BCUT2D eigenvalue weighted by molar-refractivity contribution is 6.06. The van der Waals surface area contributed by atoms with Crippen LogP contribution >= 0.6 is 0 Å². The second-order valence-corrected chi connectivity index (χ2v) is 8.44. The first-order chi connectivity index (χ1) is 13.6. The van der Waals surface area contributed by atoms with E-state index in [-0.39, 0.29) is 12.0 Å². The summed E-state index contributed by atoms with van der Waals surface area (Å²) < 4.78 is 7.28. The van der Waals surface area contributed by atoms with E-state index in [4.69, 9.17) is 4.74 Å². The molecule has 0 fully saturated rings. The molecule has 2 amide bonds. The molecular formula is C22H30N4O3. The molecule has 7 nitrogen and oxygen atoms in total. The van der Waals surface area contributed by atoms with E-state index in [1.807, 2.05) is 65.9 Å². The van der Waals surface area contributed by atoms with Gasteiger partial charge in [-0.3, -0.25) is 9.48 Å². The van der Waals surface area contributed by atoms with Gasteiger partial charge in [0.05, 0.1) is 6.54 Å². The van der Waals surface area contributed by atoms with E-state index in [9.17, 15) is 9.59 Å². The molecule has 1 aromatic carbocycles. The molecule has 0 bridgehead atoms. The quantitative estimate of drug-likeness (QED) is 0.791. The number of nitrogens with zero attached hydrogens (tertiary/aromatic N) is 4. The Morgan fingerprint density at radius 3 is 2.62 bits per heavy atom. The van der Waals surface area contributed by atoms with Crippen molar-refractivity contribution in [3.63, 3.8) is 0 Å². The highest BCUT2D eigenvalue weighted by Gasteiger charge is 2.33. The fraction of sp³-hybridized carbons (Fsp3) is 0.500. The van der Waals surface area contributed by atoms with Gasteiger partial charge in [0, 0.05) is 43.5 Å². The van der Waals surface area contributed by atoms with Crippen LogP contribution in [0.5, 0.6) is 0 Å². The summed E-state index contributed by atoms with van der Waals surface area (Å²) in [5, 5.41) is 4.52. The molecule has 0 saturated carbocycles. The number of benzene rings is 1. The third kappa shape index (κ3) is 4.44. The van der Waals surface area contributed by atoms with E-state index >= 15 is 0 Å². The molecule has 0 aliphatic carbocycles. The summed E-state index contributed by atoms with van der Waals surface area (Å²) in [6.45, 7) is 10.9. The summed E-state index contributed by atoms with van der Waals surface area (Å²) in [6, 6.07) is 7.86. The minimum atomic E-state index is -0.560. The first-order valence-electron chi connectivity index (χ1n) is 10.0. The zero-order valence-electron chi connectivity index (χ0n) is 18.2. The minimum absolute atomic E-state index is 0.152. The molecule has 0 unspecified atom stereocenters. The Bertz CT molecular complexity index is 927. The summed E-state index contributed by atoms with van der Waals surface area (Å²) >= 11 is 0. The SMILES string of the molecule is CCN(C(=O)c1nn(C)c2c1CN(C(=O)OC(C)(C)C)CC2)c1cccc(C)c1. The van der Waals surface area contributed by atoms with Crippen molar-refractivity contribution < 1.29 is 14.3 Å². The number of carbonyl (C=O) groups excluding carboxylic acids is 2. The Hall–Kier alpha value is -2.83. The first-order valence-corrected chi connectivity index (χ1v) is 10.0. The summed E-state index contributed by atoms with van der Waals surface area (Å²) in [4.78, 5) is 29.3. The minimum Gasteiger partial charge on any atom is -0.444 e. The summed E-state index contributed by atoms with van der Waals surface area (Å²) in [7, 11) is 1.85. The maximum Gasteiger partial charge on any atom is 0.410 e. The van der Waals surface area contributed by atoms with E-state index in [1.54, 1.807) is 14.5 Å². The zero-order valence-corrected chi connectivity index (χ0v) is 18.2. The van der Waals surface area contributed by atoms with Gasteiger partial charge in [-0.25, -0.2) is 4.79 Å². The van der Waals surface area contributed by atoms with Gasteiger partial charge >= 0.3 is 6.09 Å². The molecule has 3 rings (SSSR count). The van der Waals surface area contributed by atoms with Crippen molar-refractivity contribution in [1.82, 2.24) is 14.7 Å². The van der Waals surface area contributed by atoms with E-state index in [2.05, 4.69) is 5.10 Å². The fourth-order valence-electron chi connectivity index (χ4n) is 3.61. The Labute approximate surface area is 172 Å². The standard InChI is InChI=1S/C22H30N4O3/c1-7-26(16-10-8-9-15(2)13-16)20(27)19-17-14-25(21(28)29-22(3,4)5)12-11-18(17)24(6)23-19/h8-10,13H,7,11-12,14H2,1-6H3. The number of aromatic nitrogens is 2. The van der Waals surface area contributed by atoms with Crippen LogP contribution in [-0.4, -0.2) is 45.4 Å². The second kappa shape index (κ2) is 7.89. The molecule has 29 heavy (non-hydrogen) atoms. The molecule has 0 atom stereocenters. The van der Waals surface area contributed by atoms with Crippen molar-refractivity contribution in [2.24, 2.45) is 7.05 Å². The number of amides is 2.